The lowest BCUT2D eigenvalue weighted by Crippen LogP contribution is -2.29. The number of rotatable bonds is 6. The summed E-state index contributed by atoms with van der Waals surface area (Å²) in [6.07, 6.45) is -1.99. The van der Waals surface area contributed by atoms with Crippen LogP contribution in [0.5, 0.6) is 0 Å². The van der Waals surface area contributed by atoms with Gasteiger partial charge in [0, 0.05) is 18.7 Å². The smallest absolute Gasteiger partial charge is 0.328 e. The number of ether oxygens (including phenoxy) is 2. The summed E-state index contributed by atoms with van der Waals surface area (Å²) in [6.45, 7) is 0.941. The van der Waals surface area contributed by atoms with E-state index in [1.54, 1.807) is 0 Å². The Morgan fingerprint density at radius 3 is 2.43 bits per heavy atom. The molecule has 2 rings (SSSR count). The van der Waals surface area contributed by atoms with Gasteiger partial charge in [0.25, 0.3) is 0 Å². The van der Waals surface area contributed by atoms with Crippen LogP contribution < -0.4 is 0 Å². The van der Waals surface area contributed by atoms with Crippen molar-refractivity contribution in [3.05, 3.63) is 0 Å². The molecule has 3 unspecified atom stereocenters. The molecule has 2 fully saturated rings. The zero-order chi connectivity index (χ0) is 15.6. The summed E-state index contributed by atoms with van der Waals surface area (Å²) in [4.78, 5) is 0. The van der Waals surface area contributed by atoms with E-state index in [1.165, 1.54) is 6.66 Å². The molecule has 0 aromatic carbocycles. The summed E-state index contributed by atoms with van der Waals surface area (Å²) in [5.74, 6) is 0. The minimum absolute atomic E-state index is 0.0912. The third kappa shape index (κ3) is 4.79. The lowest BCUT2D eigenvalue weighted by Gasteiger charge is -2.23. The van der Waals surface area contributed by atoms with Gasteiger partial charge in [0.1, 0.15) is 27.9 Å². The maximum absolute atomic E-state index is 12.3. The average molecular weight is 316 g/mol. The fourth-order valence-electron chi connectivity index (χ4n) is 2.42. The Balaban J connectivity index is 1.83. The molecule has 0 spiro atoms. The van der Waals surface area contributed by atoms with Gasteiger partial charge in [-0.1, -0.05) is 0 Å². The first kappa shape index (κ1) is 17.5. The van der Waals surface area contributed by atoms with Gasteiger partial charge in [-0.05, 0) is 12.8 Å². The molecular weight excluding hydrogens is 297 g/mol. The van der Waals surface area contributed by atoms with E-state index in [0.29, 0.717) is 12.8 Å². The van der Waals surface area contributed by atoms with E-state index in [9.17, 15) is 9.67 Å². The topological polar surface area (TPSA) is 94.5 Å². The third-order valence-electron chi connectivity index (χ3n) is 3.46. The molecule has 21 heavy (non-hydrogen) atoms. The summed E-state index contributed by atoms with van der Waals surface area (Å²) in [7, 11) is 7.75. The molecule has 0 bridgehead atoms. The second-order valence-corrected chi connectivity index (χ2v) is 7.37. The van der Waals surface area contributed by atoms with Gasteiger partial charge < -0.3 is 28.7 Å². The van der Waals surface area contributed by atoms with Gasteiger partial charge >= 0.3 is 7.60 Å². The van der Waals surface area contributed by atoms with Crippen molar-refractivity contribution < 1.29 is 33.3 Å². The molecule has 0 saturated carbocycles. The zero-order valence-corrected chi connectivity index (χ0v) is 12.7. The van der Waals surface area contributed by atoms with Gasteiger partial charge in [0.05, 0.1) is 25.4 Å². The molecule has 0 amide bonds. The Morgan fingerprint density at radius 1 is 1.24 bits per heavy atom. The van der Waals surface area contributed by atoms with Crippen molar-refractivity contribution in [2.24, 2.45) is 0 Å². The quantitative estimate of drug-likeness (QED) is 0.486. The van der Waals surface area contributed by atoms with E-state index < -0.39 is 44.0 Å². The van der Waals surface area contributed by atoms with Gasteiger partial charge in [0.2, 0.25) is 0 Å². The summed E-state index contributed by atoms with van der Waals surface area (Å²) < 4.78 is 33.4. The lowest BCUT2D eigenvalue weighted by atomic mass is 9.96. The van der Waals surface area contributed by atoms with E-state index >= 15 is 0 Å². The molecule has 116 valence electrons. The molecular formula is C11H19B2O7P. The van der Waals surface area contributed by atoms with Crippen LogP contribution >= 0.6 is 7.60 Å². The minimum Gasteiger partial charge on any atom is -0.394 e. The van der Waals surface area contributed by atoms with E-state index in [-0.39, 0.29) is 13.2 Å². The molecule has 7 nitrogen and oxygen atoms in total. The highest BCUT2D eigenvalue weighted by molar-refractivity contribution is 7.53. The first-order valence-corrected chi connectivity index (χ1v) is 8.81. The van der Waals surface area contributed by atoms with Crippen LogP contribution in [0, 0.1) is 0 Å². The number of aliphatic hydroxyl groups excluding tert-OH is 2. The monoisotopic (exact) mass is 316 g/mol. The Morgan fingerprint density at radius 2 is 1.86 bits per heavy atom. The van der Waals surface area contributed by atoms with Crippen LogP contribution in [-0.2, 0) is 23.1 Å². The van der Waals surface area contributed by atoms with Gasteiger partial charge in [-0.3, -0.25) is 4.57 Å². The Hall–Kier alpha value is 0.120. The first-order chi connectivity index (χ1) is 9.80. The summed E-state index contributed by atoms with van der Waals surface area (Å²) in [5.41, 5.74) is 0. The molecule has 2 aliphatic rings. The Bertz CT molecular complexity index is 399. The maximum atomic E-state index is 12.3. The highest BCUT2D eigenvalue weighted by atomic mass is 31.2. The van der Waals surface area contributed by atoms with Crippen molar-refractivity contribution in [1.82, 2.24) is 0 Å². The normalized spacial score (nSPS) is 43.0. The van der Waals surface area contributed by atoms with Crippen molar-refractivity contribution in [1.29, 1.82) is 0 Å². The Labute approximate surface area is 126 Å². The average Bonchev–Trinajstić information content (AvgIpc) is 2.88. The molecule has 0 aromatic heterocycles. The molecule has 7 atom stereocenters. The van der Waals surface area contributed by atoms with E-state index in [4.69, 9.17) is 39.3 Å². The van der Waals surface area contributed by atoms with Crippen molar-refractivity contribution in [2.75, 3.05) is 19.9 Å². The number of aliphatic hydroxyl groups is 2. The van der Waals surface area contributed by atoms with Gasteiger partial charge in [-0.15, -0.1) is 0 Å². The highest BCUT2D eigenvalue weighted by Crippen LogP contribution is 2.48. The van der Waals surface area contributed by atoms with Crippen molar-refractivity contribution in [2.45, 2.75) is 49.3 Å². The van der Waals surface area contributed by atoms with Crippen LogP contribution in [0.2, 0.25) is 0 Å². The van der Waals surface area contributed by atoms with Gasteiger partial charge in [-0.2, -0.15) is 0 Å². The first-order valence-electron chi connectivity index (χ1n) is 6.82. The molecule has 2 heterocycles. The Kier molecular flexibility index (Phi) is 5.93. The minimum atomic E-state index is -3.40. The molecule has 0 aliphatic carbocycles. The van der Waals surface area contributed by atoms with Crippen molar-refractivity contribution in [3.8, 4) is 0 Å². The lowest BCUT2D eigenvalue weighted by molar-refractivity contribution is -0.0153. The fourth-order valence-corrected chi connectivity index (χ4v) is 3.61. The standard InChI is InChI=1S/C11H19B2O7P/c1-21(16,17-5-9-6(15)2-10(12)19-9)20-7-3-11(13)18-8(7)4-14/h6-11,14-15H,2-5H2,1H3/t6?,7?,8-,9-,10-,11-,21?/m1/s1. The second-order valence-electron chi connectivity index (χ2n) is 5.36. The maximum Gasteiger partial charge on any atom is 0.328 e. The molecule has 2 N–H and O–H groups in total. The predicted octanol–water partition coefficient (Wildman–Crippen LogP) is -0.869. The van der Waals surface area contributed by atoms with Crippen LogP contribution in [0.25, 0.3) is 0 Å². The predicted molar refractivity (Wildman–Crippen MR) is 75.5 cm³/mol. The van der Waals surface area contributed by atoms with Crippen molar-refractivity contribution >= 4 is 23.3 Å². The van der Waals surface area contributed by atoms with E-state index in [1.807, 2.05) is 0 Å². The summed E-state index contributed by atoms with van der Waals surface area (Å²) >= 11 is 0. The molecule has 0 aromatic rings. The molecule has 10 heteroatoms. The summed E-state index contributed by atoms with van der Waals surface area (Å²) in [5, 5.41) is 18.8. The SMILES string of the molecule is [B][C@H]1CC(O)[C@@H](COP(C)(=O)OC2C[C@H]([B])O[C@@H]2CO)O1. The second kappa shape index (κ2) is 7.13. The third-order valence-corrected chi connectivity index (χ3v) is 4.73. The number of hydrogen-bond donors (Lipinski definition) is 2. The van der Waals surface area contributed by atoms with Crippen molar-refractivity contribution in [3.63, 3.8) is 0 Å². The van der Waals surface area contributed by atoms with Gasteiger partial charge in [-0.25, -0.2) is 0 Å². The van der Waals surface area contributed by atoms with Crippen LogP contribution in [0.15, 0.2) is 0 Å². The number of hydrogen-bond acceptors (Lipinski definition) is 7. The molecule has 2 saturated heterocycles. The molecule has 2 aliphatic heterocycles. The van der Waals surface area contributed by atoms with Crippen LogP contribution in [0.3, 0.4) is 0 Å². The van der Waals surface area contributed by atoms with Crippen LogP contribution in [0.4, 0.5) is 0 Å². The largest absolute Gasteiger partial charge is 0.394 e. The highest BCUT2D eigenvalue weighted by Gasteiger charge is 2.38. The van der Waals surface area contributed by atoms with E-state index in [0.717, 1.165) is 0 Å². The van der Waals surface area contributed by atoms with E-state index in [2.05, 4.69) is 0 Å². The zero-order valence-electron chi connectivity index (χ0n) is 11.8. The molecule has 4 radical (unpaired) electrons. The fraction of sp³-hybridized carbons (Fsp3) is 1.00. The van der Waals surface area contributed by atoms with Crippen LogP contribution in [-0.4, -0.2) is 82.2 Å². The van der Waals surface area contributed by atoms with Gasteiger partial charge in [0.15, 0.2) is 0 Å². The summed E-state index contributed by atoms with van der Waals surface area (Å²) in [6, 6.07) is -1.11. The van der Waals surface area contributed by atoms with Crippen LogP contribution in [0.1, 0.15) is 12.8 Å².